The van der Waals surface area contributed by atoms with Gasteiger partial charge < -0.3 is 15.0 Å². The Morgan fingerprint density at radius 3 is 3.00 bits per heavy atom. The van der Waals surface area contributed by atoms with Crippen molar-refractivity contribution < 1.29 is 13.9 Å². The number of nitrogens with zero attached hydrogens (tertiary/aromatic N) is 1. The minimum absolute atomic E-state index is 0.0307. The molecule has 5 heteroatoms. The molecule has 1 amide bonds. The molecule has 1 aliphatic carbocycles. The normalized spacial score (nSPS) is 21.9. The Hall–Kier alpha value is -1.46. The van der Waals surface area contributed by atoms with Gasteiger partial charge in [0.05, 0.1) is 6.61 Å². The lowest BCUT2D eigenvalue weighted by Crippen LogP contribution is -2.51. The second kappa shape index (κ2) is 6.75. The molecular weight excluding hydrogens is 283 g/mol. The highest BCUT2D eigenvalue weighted by molar-refractivity contribution is 5.94. The second-order valence-electron chi connectivity index (χ2n) is 6.37. The molecule has 1 aromatic rings. The molecule has 1 atom stereocenters. The average Bonchev–Trinajstić information content (AvgIpc) is 3.33. The molecule has 1 aromatic carbocycles. The van der Waals surface area contributed by atoms with Crippen LogP contribution in [0.1, 0.15) is 35.7 Å². The SMILES string of the molecule is CC1CN(C(=O)c2ccc(F)c(COCC3CC3)c2)CCN1. The highest BCUT2D eigenvalue weighted by atomic mass is 19.1. The molecule has 22 heavy (non-hydrogen) atoms. The lowest BCUT2D eigenvalue weighted by Gasteiger charge is -2.32. The Morgan fingerprint density at radius 2 is 2.27 bits per heavy atom. The molecule has 0 bridgehead atoms. The number of rotatable bonds is 5. The van der Waals surface area contributed by atoms with Gasteiger partial charge in [-0.15, -0.1) is 0 Å². The van der Waals surface area contributed by atoms with Crippen molar-refractivity contribution in [3.63, 3.8) is 0 Å². The minimum Gasteiger partial charge on any atom is -0.376 e. The van der Waals surface area contributed by atoms with E-state index in [0.29, 0.717) is 42.8 Å². The molecule has 1 aliphatic heterocycles. The molecule has 0 spiro atoms. The van der Waals surface area contributed by atoms with Crippen LogP contribution in [0.25, 0.3) is 0 Å². The summed E-state index contributed by atoms with van der Waals surface area (Å²) in [5, 5.41) is 3.31. The lowest BCUT2D eigenvalue weighted by molar-refractivity contribution is 0.0708. The van der Waals surface area contributed by atoms with Gasteiger partial charge >= 0.3 is 0 Å². The van der Waals surface area contributed by atoms with Crippen LogP contribution >= 0.6 is 0 Å². The average molecular weight is 306 g/mol. The van der Waals surface area contributed by atoms with Gasteiger partial charge in [0.15, 0.2) is 0 Å². The smallest absolute Gasteiger partial charge is 0.253 e. The first-order valence-electron chi connectivity index (χ1n) is 8.02. The fourth-order valence-electron chi connectivity index (χ4n) is 2.74. The van der Waals surface area contributed by atoms with Gasteiger partial charge in [-0.05, 0) is 43.9 Å². The van der Waals surface area contributed by atoms with E-state index in [0.717, 1.165) is 6.54 Å². The molecule has 4 nitrogen and oxygen atoms in total. The van der Waals surface area contributed by atoms with Crippen molar-refractivity contribution in [1.82, 2.24) is 10.2 Å². The van der Waals surface area contributed by atoms with Crippen molar-refractivity contribution in [2.24, 2.45) is 5.92 Å². The van der Waals surface area contributed by atoms with E-state index in [2.05, 4.69) is 12.2 Å². The molecule has 1 heterocycles. The van der Waals surface area contributed by atoms with E-state index in [1.54, 1.807) is 12.1 Å². The first-order chi connectivity index (χ1) is 10.6. The third-order valence-electron chi connectivity index (χ3n) is 4.26. The summed E-state index contributed by atoms with van der Waals surface area (Å²) in [7, 11) is 0. The standard InChI is InChI=1S/C17H23FN2O2/c1-12-9-20(7-6-19-12)17(21)14-4-5-16(18)15(8-14)11-22-10-13-2-3-13/h4-5,8,12-13,19H,2-3,6-7,9-11H2,1H3. The maximum Gasteiger partial charge on any atom is 0.253 e. The van der Waals surface area contributed by atoms with Crippen LogP contribution in [0.15, 0.2) is 18.2 Å². The zero-order chi connectivity index (χ0) is 15.5. The Labute approximate surface area is 130 Å². The summed E-state index contributed by atoms with van der Waals surface area (Å²) in [4.78, 5) is 14.4. The van der Waals surface area contributed by atoms with Gasteiger partial charge in [-0.2, -0.15) is 0 Å². The quantitative estimate of drug-likeness (QED) is 0.906. The van der Waals surface area contributed by atoms with E-state index < -0.39 is 0 Å². The van der Waals surface area contributed by atoms with Crippen molar-refractivity contribution in [2.45, 2.75) is 32.4 Å². The highest BCUT2D eigenvalue weighted by Crippen LogP contribution is 2.29. The van der Waals surface area contributed by atoms with E-state index in [-0.39, 0.29) is 18.3 Å². The molecule has 1 N–H and O–H groups in total. The third-order valence-corrected chi connectivity index (χ3v) is 4.26. The van der Waals surface area contributed by atoms with Gasteiger partial charge in [0.1, 0.15) is 5.82 Å². The molecule has 2 aliphatic rings. The van der Waals surface area contributed by atoms with Crippen LogP contribution in [0, 0.1) is 11.7 Å². The summed E-state index contributed by atoms with van der Waals surface area (Å²) in [6.07, 6.45) is 2.42. The number of nitrogens with one attached hydrogen (secondary N) is 1. The predicted molar refractivity (Wildman–Crippen MR) is 82.1 cm³/mol. The largest absolute Gasteiger partial charge is 0.376 e. The van der Waals surface area contributed by atoms with Gasteiger partial charge in [-0.25, -0.2) is 4.39 Å². The third kappa shape index (κ3) is 3.84. The minimum atomic E-state index is -0.305. The number of carbonyl (C=O) groups is 1. The van der Waals surface area contributed by atoms with Crippen LogP contribution < -0.4 is 5.32 Å². The van der Waals surface area contributed by atoms with E-state index >= 15 is 0 Å². The Bertz CT molecular complexity index is 545. The fourth-order valence-corrected chi connectivity index (χ4v) is 2.74. The molecule has 1 saturated carbocycles. The molecule has 1 saturated heterocycles. The maximum absolute atomic E-state index is 13.9. The van der Waals surface area contributed by atoms with Crippen LogP contribution in [0.3, 0.4) is 0 Å². The topological polar surface area (TPSA) is 41.6 Å². The van der Waals surface area contributed by atoms with E-state index in [1.807, 2.05) is 4.90 Å². The number of piperazine rings is 1. The van der Waals surface area contributed by atoms with E-state index in [1.165, 1.54) is 18.9 Å². The first-order valence-corrected chi connectivity index (χ1v) is 8.02. The molecule has 120 valence electrons. The van der Waals surface area contributed by atoms with Crippen molar-refractivity contribution in [3.05, 3.63) is 35.1 Å². The summed E-state index contributed by atoms with van der Waals surface area (Å²) in [6.45, 7) is 5.15. The fraction of sp³-hybridized carbons (Fsp3) is 0.588. The van der Waals surface area contributed by atoms with E-state index in [9.17, 15) is 9.18 Å². The lowest BCUT2D eigenvalue weighted by atomic mass is 10.1. The van der Waals surface area contributed by atoms with Crippen molar-refractivity contribution in [2.75, 3.05) is 26.2 Å². The summed E-state index contributed by atoms with van der Waals surface area (Å²) in [5.74, 6) is 0.313. The van der Waals surface area contributed by atoms with Crippen molar-refractivity contribution in [1.29, 1.82) is 0 Å². The highest BCUT2D eigenvalue weighted by Gasteiger charge is 2.23. The van der Waals surface area contributed by atoms with Crippen LogP contribution in [0.5, 0.6) is 0 Å². The number of ether oxygens (including phenoxy) is 1. The van der Waals surface area contributed by atoms with Crippen LogP contribution in [0.2, 0.25) is 0 Å². The summed E-state index contributed by atoms with van der Waals surface area (Å²) in [5.41, 5.74) is 1.01. The Balaban J connectivity index is 1.65. The zero-order valence-electron chi connectivity index (χ0n) is 13.0. The van der Waals surface area contributed by atoms with E-state index in [4.69, 9.17) is 4.74 Å². The molecule has 3 rings (SSSR count). The summed E-state index contributed by atoms with van der Waals surface area (Å²) in [6, 6.07) is 4.86. The van der Waals surface area contributed by atoms with Crippen molar-refractivity contribution >= 4 is 5.91 Å². The second-order valence-corrected chi connectivity index (χ2v) is 6.37. The number of hydrogen-bond donors (Lipinski definition) is 1. The molecule has 0 radical (unpaired) electrons. The van der Waals surface area contributed by atoms with Crippen molar-refractivity contribution in [3.8, 4) is 0 Å². The predicted octanol–water partition coefficient (Wildman–Crippen LogP) is 2.19. The maximum atomic E-state index is 13.9. The number of hydrogen-bond acceptors (Lipinski definition) is 3. The number of benzene rings is 1. The Morgan fingerprint density at radius 1 is 1.45 bits per heavy atom. The molecule has 1 unspecified atom stereocenters. The molecular formula is C17H23FN2O2. The molecule has 2 fully saturated rings. The van der Waals surface area contributed by atoms with Crippen LogP contribution in [0.4, 0.5) is 4.39 Å². The number of amides is 1. The first kappa shape index (κ1) is 15.4. The zero-order valence-corrected chi connectivity index (χ0v) is 13.0. The summed E-state index contributed by atoms with van der Waals surface area (Å²) < 4.78 is 19.4. The Kier molecular flexibility index (Phi) is 4.74. The van der Waals surface area contributed by atoms with Gasteiger partial charge in [0, 0.05) is 43.4 Å². The van der Waals surface area contributed by atoms with Gasteiger partial charge in [0.25, 0.3) is 5.91 Å². The summed E-state index contributed by atoms with van der Waals surface area (Å²) >= 11 is 0. The van der Waals surface area contributed by atoms with Gasteiger partial charge in [-0.1, -0.05) is 0 Å². The number of halogens is 1. The van der Waals surface area contributed by atoms with Gasteiger partial charge in [0.2, 0.25) is 0 Å². The monoisotopic (exact) mass is 306 g/mol. The molecule has 0 aromatic heterocycles. The van der Waals surface area contributed by atoms with Crippen LogP contribution in [-0.4, -0.2) is 43.1 Å². The van der Waals surface area contributed by atoms with Crippen LogP contribution in [-0.2, 0) is 11.3 Å². The number of carbonyl (C=O) groups excluding carboxylic acids is 1. The van der Waals surface area contributed by atoms with Gasteiger partial charge in [-0.3, -0.25) is 4.79 Å².